The number of likely N-dealkylation sites (tertiary alicyclic amines) is 1. The van der Waals surface area contributed by atoms with Crippen LogP contribution in [-0.4, -0.2) is 49.2 Å². The minimum atomic E-state index is 0.220. The van der Waals surface area contributed by atoms with Gasteiger partial charge in [0, 0.05) is 20.0 Å². The fourth-order valence-electron chi connectivity index (χ4n) is 1.57. The molecule has 0 unspecified atom stereocenters. The molecule has 2 fully saturated rings. The minimum absolute atomic E-state index is 0.220. The van der Waals surface area contributed by atoms with Gasteiger partial charge in [0.25, 0.3) is 0 Å². The normalized spacial score (nSPS) is 23.5. The molecule has 1 saturated heterocycles. The van der Waals surface area contributed by atoms with Crippen molar-refractivity contribution in [2.75, 3.05) is 27.2 Å². The number of amides is 1. The Balaban J connectivity index is 1.68. The lowest BCUT2D eigenvalue weighted by Crippen LogP contribution is -2.56. The Hall–Kier alpha value is -0.610. The van der Waals surface area contributed by atoms with E-state index >= 15 is 0 Å². The first kappa shape index (κ1) is 8.97. The van der Waals surface area contributed by atoms with Crippen molar-refractivity contribution in [1.29, 1.82) is 0 Å². The molecule has 1 aliphatic carbocycles. The number of hydroxylamine groups is 2. The second-order valence-corrected chi connectivity index (χ2v) is 4.06. The lowest BCUT2D eigenvalue weighted by Gasteiger charge is -2.39. The van der Waals surface area contributed by atoms with Crippen LogP contribution in [0.3, 0.4) is 0 Å². The molecule has 2 aliphatic rings. The molecular weight excluding hydrogens is 168 g/mol. The van der Waals surface area contributed by atoms with Crippen LogP contribution in [0.5, 0.6) is 0 Å². The van der Waals surface area contributed by atoms with E-state index in [0.29, 0.717) is 11.8 Å². The van der Waals surface area contributed by atoms with Gasteiger partial charge in [0.2, 0.25) is 5.91 Å². The predicted octanol–water partition coefficient (Wildman–Crippen LogP) is 0.100. The molecule has 13 heavy (non-hydrogen) atoms. The zero-order valence-electron chi connectivity index (χ0n) is 8.19. The van der Waals surface area contributed by atoms with Gasteiger partial charge in [0.15, 0.2) is 0 Å². The maximum absolute atomic E-state index is 11.5. The summed E-state index contributed by atoms with van der Waals surface area (Å²) in [4.78, 5) is 18.8. The maximum atomic E-state index is 11.5. The molecule has 0 bridgehead atoms. The lowest BCUT2D eigenvalue weighted by molar-refractivity contribution is -0.206. The monoisotopic (exact) mass is 184 g/mol. The van der Waals surface area contributed by atoms with E-state index in [2.05, 4.69) is 0 Å². The highest BCUT2D eigenvalue weighted by Gasteiger charge is 2.39. The van der Waals surface area contributed by atoms with Gasteiger partial charge in [0.05, 0.1) is 13.1 Å². The number of carbonyl (C=O) groups is 1. The molecule has 1 amide bonds. The van der Waals surface area contributed by atoms with Crippen LogP contribution in [0, 0.1) is 5.92 Å². The predicted molar refractivity (Wildman–Crippen MR) is 47.9 cm³/mol. The van der Waals surface area contributed by atoms with Gasteiger partial charge in [-0.15, -0.1) is 0 Å². The van der Waals surface area contributed by atoms with E-state index in [4.69, 9.17) is 4.84 Å². The van der Waals surface area contributed by atoms with Gasteiger partial charge in [-0.2, -0.15) is 5.06 Å². The summed E-state index contributed by atoms with van der Waals surface area (Å²) in [5, 5.41) is 1.70. The van der Waals surface area contributed by atoms with Crippen LogP contribution in [0.4, 0.5) is 0 Å². The van der Waals surface area contributed by atoms with Crippen molar-refractivity contribution in [3.8, 4) is 0 Å². The Kier molecular flexibility index (Phi) is 2.26. The highest BCUT2D eigenvalue weighted by atomic mass is 16.7. The summed E-state index contributed by atoms with van der Waals surface area (Å²) in [5.74, 6) is 0.680. The van der Waals surface area contributed by atoms with E-state index in [-0.39, 0.29) is 6.10 Å². The van der Waals surface area contributed by atoms with Gasteiger partial charge in [-0.05, 0) is 12.8 Å². The Morgan fingerprint density at radius 1 is 1.38 bits per heavy atom. The molecule has 1 aliphatic heterocycles. The van der Waals surface area contributed by atoms with Crippen LogP contribution in [-0.2, 0) is 9.63 Å². The fourth-order valence-corrected chi connectivity index (χ4v) is 1.57. The van der Waals surface area contributed by atoms with Gasteiger partial charge >= 0.3 is 0 Å². The first-order valence-corrected chi connectivity index (χ1v) is 4.79. The van der Waals surface area contributed by atoms with Crippen LogP contribution < -0.4 is 0 Å². The third-order valence-electron chi connectivity index (χ3n) is 2.45. The van der Waals surface area contributed by atoms with Gasteiger partial charge in [-0.1, -0.05) is 0 Å². The molecular formula is C9H16N2O2. The summed E-state index contributed by atoms with van der Waals surface area (Å²) in [7, 11) is 3.73. The molecule has 0 atom stereocenters. The van der Waals surface area contributed by atoms with E-state index in [1.54, 1.807) is 5.06 Å². The van der Waals surface area contributed by atoms with Crippen molar-refractivity contribution < 1.29 is 9.63 Å². The Morgan fingerprint density at radius 3 is 2.46 bits per heavy atom. The molecule has 1 saturated carbocycles. The van der Waals surface area contributed by atoms with Crippen molar-refractivity contribution in [3.05, 3.63) is 0 Å². The van der Waals surface area contributed by atoms with Gasteiger partial charge in [0.1, 0.15) is 6.10 Å². The number of hydrogen-bond donors (Lipinski definition) is 0. The van der Waals surface area contributed by atoms with E-state index in [9.17, 15) is 4.79 Å². The van der Waals surface area contributed by atoms with Gasteiger partial charge in [-0.25, -0.2) is 0 Å². The summed E-state index contributed by atoms with van der Waals surface area (Å²) in [5.41, 5.74) is 0. The van der Waals surface area contributed by atoms with Crippen molar-refractivity contribution in [2.24, 2.45) is 5.92 Å². The quantitative estimate of drug-likeness (QED) is 0.583. The van der Waals surface area contributed by atoms with Crippen molar-refractivity contribution in [3.63, 3.8) is 0 Å². The topological polar surface area (TPSA) is 32.8 Å². The zero-order chi connectivity index (χ0) is 9.42. The average molecular weight is 184 g/mol. The van der Waals surface area contributed by atoms with E-state index in [1.165, 1.54) is 0 Å². The zero-order valence-corrected chi connectivity index (χ0v) is 8.19. The summed E-state index contributed by atoms with van der Waals surface area (Å²) in [6.45, 7) is 1.54. The highest BCUT2D eigenvalue weighted by molar-refractivity contribution is 5.81. The Morgan fingerprint density at radius 2 is 2.00 bits per heavy atom. The lowest BCUT2D eigenvalue weighted by atomic mass is 10.1. The second kappa shape index (κ2) is 3.27. The van der Waals surface area contributed by atoms with Crippen LogP contribution in [0.2, 0.25) is 0 Å². The van der Waals surface area contributed by atoms with Gasteiger partial charge in [-0.3, -0.25) is 9.63 Å². The summed E-state index contributed by atoms with van der Waals surface area (Å²) in [6.07, 6.45) is 2.40. The molecule has 0 aromatic heterocycles. The summed E-state index contributed by atoms with van der Waals surface area (Å²) in [6, 6.07) is 0. The third kappa shape index (κ3) is 2.00. The first-order valence-electron chi connectivity index (χ1n) is 4.79. The van der Waals surface area contributed by atoms with Crippen LogP contribution in [0.15, 0.2) is 0 Å². The Bertz CT molecular complexity index is 208. The van der Waals surface area contributed by atoms with Crippen molar-refractivity contribution >= 4 is 5.91 Å². The smallest absolute Gasteiger partial charge is 0.225 e. The maximum Gasteiger partial charge on any atom is 0.225 e. The number of nitrogens with zero attached hydrogens (tertiary/aromatic N) is 2. The number of rotatable bonds is 3. The van der Waals surface area contributed by atoms with E-state index in [1.807, 2.05) is 19.0 Å². The van der Waals surface area contributed by atoms with Crippen molar-refractivity contribution in [2.45, 2.75) is 18.9 Å². The van der Waals surface area contributed by atoms with Gasteiger partial charge < -0.3 is 4.90 Å². The Labute approximate surface area is 78.4 Å². The highest BCUT2D eigenvalue weighted by Crippen LogP contribution is 2.32. The molecule has 0 aromatic rings. The van der Waals surface area contributed by atoms with Crippen molar-refractivity contribution in [1.82, 2.24) is 9.96 Å². The second-order valence-electron chi connectivity index (χ2n) is 4.06. The van der Waals surface area contributed by atoms with Crippen LogP contribution in [0.25, 0.3) is 0 Å². The SMILES string of the molecule is CN(C)OC1CN(C(=O)C2CC2)C1. The molecule has 1 heterocycles. The van der Waals surface area contributed by atoms with Crippen LogP contribution in [0.1, 0.15) is 12.8 Å². The number of hydrogen-bond acceptors (Lipinski definition) is 3. The minimum Gasteiger partial charge on any atom is -0.337 e. The largest absolute Gasteiger partial charge is 0.337 e. The standard InChI is InChI=1S/C9H16N2O2/c1-10(2)13-8-5-11(6-8)9(12)7-3-4-7/h7-8H,3-6H2,1-2H3. The summed E-state index contributed by atoms with van der Waals surface area (Å²) < 4.78 is 0. The number of carbonyl (C=O) groups excluding carboxylic acids is 1. The molecule has 4 heteroatoms. The molecule has 0 N–H and O–H groups in total. The molecule has 0 spiro atoms. The fraction of sp³-hybridized carbons (Fsp3) is 0.889. The average Bonchev–Trinajstić information content (AvgIpc) is 2.75. The van der Waals surface area contributed by atoms with E-state index < -0.39 is 0 Å². The summed E-state index contributed by atoms with van der Waals surface area (Å²) >= 11 is 0. The molecule has 4 nitrogen and oxygen atoms in total. The molecule has 0 radical (unpaired) electrons. The molecule has 0 aromatic carbocycles. The van der Waals surface area contributed by atoms with Crippen LogP contribution >= 0.6 is 0 Å². The molecule has 2 rings (SSSR count). The van der Waals surface area contributed by atoms with E-state index in [0.717, 1.165) is 25.9 Å². The first-order chi connectivity index (χ1) is 6.16. The third-order valence-corrected chi connectivity index (χ3v) is 2.45. The molecule has 74 valence electrons.